The number of piperidine rings is 1. The number of rotatable bonds is 4. The van der Waals surface area contributed by atoms with Crippen molar-refractivity contribution in [1.29, 1.82) is 0 Å². The third kappa shape index (κ3) is 2.78. The van der Waals surface area contributed by atoms with Crippen LogP contribution in [0.5, 0.6) is 5.75 Å². The zero-order chi connectivity index (χ0) is 18.1. The molecule has 2 aliphatic rings. The van der Waals surface area contributed by atoms with Gasteiger partial charge in [-0.15, -0.1) is 0 Å². The highest BCUT2D eigenvalue weighted by atomic mass is 16.5. The van der Waals surface area contributed by atoms with Crippen LogP contribution in [-0.4, -0.2) is 43.0 Å². The average molecular weight is 350 g/mol. The molecular weight excluding hydrogens is 324 g/mol. The molecule has 0 saturated carbocycles. The number of amides is 1. The van der Waals surface area contributed by atoms with Crippen LogP contribution in [0.15, 0.2) is 54.6 Å². The Kier molecular flexibility index (Phi) is 4.45. The van der Waals surface area contributed by atoms with Crippen LogP contribution in [-0.2, 0) is 11.3 Å². The minimum absolute atomic E-state index is 0.202. The summed E-state index contributed by atoms with van der Waals surface area (Å²) < 4.78 is 5.23. The SMILES string of the molecule is COc1ccc(CN2CCC3(CC2)C(=O)N(C)[C@@H]3c2ccccc2)cc1. The molecule has 136 valence electrons. The Labute approximate surface area is 155 Å². The lowest BCUT2D eigenvalue weighted by Gasteiger charge is -2.58. The minimum Gasteiger partial charge on any atom is -0.497 e. The molecule has 4 rings (SSSR count). The summed E-state index contributed by atoms with van der Waals surface area (Å²) in [5.41, 5.74) is 2.35. The second-order valence-corrected chi connectivity index (χ2v) is 7.51. The largest absolute Gasteiger partial charge is 0.497 e. The molecule has 1 amide bonds. The van der Waals surface area contributed by atoms with Crippen molar-refractivity contribution in [2.24, 2.45) is 5.41 Å². The number of methoxy groups -OCH3 is 1. The third-order valence-corrected chi connectivity index (χ3v) is 6.09. The van der Waals surface area contributed by atoms with Crippen LogP contribution in [0.2, 0.25) is 0 Å². The Hall–Kier alpha value is -2.33. The van der Waals surface area contributed by atoms with Crippen LogP contribution in [0.3, 0.4) is 0 Å². The summed E-state index contributed by atoms with van der Waals surface area (Å²) in [6, 6.07) is 19.0. The number of hydrogen-bond acceptors (Lipinski definition) is 3. The number of benzene rings is 2. The lowest BCUT2D eigenvalue weighted by Crippen LogP contribution is -2.64. The van der Waals surface area contributed by atoms with E-state index in [1.54, 1.807) is 7.11 Å². The maximum absolute atomic E-state index is 12.8. The van der Waals surface area contributed by atoms with Gasteiger partial charge in [-0.25, -0.2) is 0 Å². The Balaban J connectivity index is 1.44. The predicted octanol–water partition coefficient (Wildman–Crippen LogP) is 3.49. The van der Waals surface area contributed by atoms with Crippen molar-refractivity contribution < 1.29 is 9.53 Å². The van der Waals surface area contributed by atoms with Gasteiger partial charge in [0.05, 0.1) is 18.6 Å². The van der Waals surface area contributed by atoms with E-state index in [0.717, 1.165) is 38.2 Å². The van der Waals surface area contributed by atoms with Gasteiger partial charge in [-0.2, -0.15) is 0 Å². The first-order chi connectivity index (χ1) is 12.6. The van der Waals surface area contributed by atoms with Crippen LogP contribution < -0.4 is 4.74 Å². The van der Waals surface area contributed by atoms with Gasteiger partial charge in [0, 0.05) is 13.6 Å². The van der Waals surface area contributed by atoms with E-state index in [9.17, 15) is 4.79 Å². The molecule has 2 saturated heterocycles. The topological polar surface area (TPSA) is 32.8 Å². The van der Waals surface area contributed by atoms with Crippen molar-refractivity contribution in [3.05, 3.63) is 65.7 Å². The summed E-state index contributed by atoms with van der Waals surface area (Å²) >= 11 is 0. The smallest absolute Gasteiger partial charge is 0.231 e. The first-order valence-electron chi connectivity index (χ1n) is 9.31. The van der Waals surface area contributed by atoms with Gasteiger partial charge < -0.3 is 9.64 Å². The number of β-lactam (4-membered cyclic amide) rings is 1. The van der Waals surface area contributed by atoms with E-state index < -0.39 is 0 Å². The molecule has 2 heterocycles. The molecule has 1 spiro atoms. The normalized spacial score (nSPS) is 22.3. The molecule has 2 fully saturated rings. The van der Waals surface area contributed by atoms with Crippen molar-refractivity contribution in [3.8, 4) is 5.75 Å². The Morgan fingerprint density at radius 1 is 1.04 bits per heavy atom. The van der Waals surface area contributed by atoms with Crippen molar-refractivity contribution in [3.63, 3.8) is 0 Å². The van der Waals surface area contributed by atoms with E-state index in [0.29, 0.717) is 5.91 Å². The van der Waals surface area contributed by atoms with Crippen LogP contribution >= 0.6 is 0 Å². The van der Waals surface area contributed by atoms with Crippen LogP contribution in [0.25, 0.3) is 0 Å². The Morgan fingerprint density at radius 3 is 2.31 bits per heavy atom. The molecule has 0 bridgehead atoms. The lowest BCUT2D eigenvalue weighted by molar-refractivity contribution is -0.176. The Morgan fingerprint density at radius 2 is 1.69 bits per heavy atom. The first kappa shape index (κ1) is 17.1. The van der Waals surface area contributed by atoms with Gasteiger partial charge in [-0.1, -0.05) is 42.5 Å². The Bertz CT molecular complexity index is 764. The van der Waals surface area contributed by atoms with Crippen LogP contribution in [0.1, 0.15) is 30.0 Å². The number of ether oxygens (including phenoxy) is 1. The van der Waals surface area contributed by atoms with E-state index >= 15 is 0 Å². The zero-order valence-electron chi connectivity index (χ0n) is 15.5. The highest BCUT2D eigenvalue weighted by molar-refractivity contribution is 5.90. The molecule has 4 heteroatoms. The molecule has 1 atom stereocenters. The second kappa shape index (κ2) is 6.76. The van der Waals surface area contributed by atoms with Gasteiger partial charge in [0.15, 0.2) is 0 Å². The van der Waals surface area contributed by atoms with Gasteiger partial charge >= 0.3 is 0 Å². The molecule has 2 aromatic rings. The summed E-state index contributed by atoms with van der Waals surface area (Å²) in [7, 11) is 3.63. The minimum atomic E-state index is -0.202. The molecule has 26 heavy (non-hydrogen) atoms. The molecule has 0 N–H and O–H groups in total. The predicted molar refractivity (Wildman–Crippen MR) is 102 cm³/mol. The molecule has 0 unspecified atom stereocenters. The molecule has 0 radical (unpaired) electrons. The number of carbonyl (C=O) groups is 1. The number of nitrogens with zero attached hydrogens (tertiary/aromatic N) is 2. The van der Waals surface area contributed by atoms with E-state index in [4.69, 9.17) is 4.74 Å². The highest BCUT2D eigenvalue weighted by Crippen LogP contribution is 2.55. The third-order valence-electron chi connectivity index (χ3n) is 6.09. The van der Waals surface area contributed by atoms with E-state index in [1.165, 1.54) is 11.1 Å². The van der Waals surface area contributed by atoms with Crippen LogP contribution in [0.4, 0.5) is 0 Å². The zero-order valence-corrected chi connectivity index (χ0v) is 15.5. The maximum atomic E-state index is 12.8. The summed E-state index contributed by atoms with van der Waals surface area (Å²) in [5.74, 6) is 1.20. The number of hydrogen-bond donors (Lipinski definition) is 0. The van der Waals surface area contributed by atoms with Crippen molar-refractivity contribution in [2.45, 2.75) is 25.4 Å². The summed E-state index contributed by atoms with van der Waals surface area (Å²) in [5, 5.41) is 0. The van der Waals surface area contributed by atoms with Gasteiger partial charge in [0.1, 0.15) is 5.75 Å². The summed E-state index contributed by atoms with van der Waals surface area (Å²) in [6.45, 7) is 2.87. The quantitative estimate of drug-likeness (QED) is 0.792. The monoisotopic (exact) mass is 350 g/mol. The fraction of sp³-hybridized carbons (Fsp3) is 0.409. The fourth-order valence-corrected chi connectivity index (χ4v) is 4.65. The van der Waals surface area contributed by atoms with Gasteiger partial charge in [-0.05, 0) is 49.2 Å². The summed E-state index contributed by atoms with van der Waals surface area (Å²) in [4.78, 5) is 17.1. The number of carbonyl (C=O) groups excluding carboxylic acids is 1. The second-order valence-electron chi connectivity index (χ2n) is 7.51. The highest BCUT2D eigenvalue weighted by Gasteiger charge is 2.59. The summed E-state index contributed by atoms with van der Waals surface area (Å²) in [6.07, 6.45) is 1.87. The molecule has 2 aromatic carbocycles. The average Bonchev–Trinajstić information content (AvgIpc) is 2.70. The van der Waals surface area contributed by atoms with E-state index in [2.05, 4.69) is 41.3 Å². The van der Waals surface area contributed by atoms with Gasteiger partial charge in [0.25, 0.3) is 0 Å². The van der Waals surface area contributed by atoms with Crippen LogP contribution in [0, 0.1) is 5.41 Å². The van der Waals surface area contributed by atoms with Crippen molar-refractivity contribution >= 4 is 5.91 Å². The molecule has 2 aliphatic heterocycles. The van der Waals surface area contributed by atoms with Gasteiger partial charge in [0.2, 0.25) is 5.91 Å². The number of likely N-dealkylation sites (tertiary alicyclic amines) is 2. The molecule has 0 aromatic heterocycles. The molecular formula is C22H26N2O2. The maximum Gasteiger partial charge on any atom is 0.231 e. The van der Waals surface area contributed by atoms with Crippen molar-refractivity contribution in [2.75, 3.05) is 27.2 Å². The standard InChI is InChI=1S/C22H26N2O2/c1-23-20(18-6-4-3-5-7-18)22(21(23)25)12-14-24(15-13-22)16-17-8-10-19(26-2)11-9-17/h3-11,20H,12-16H2,1-2H3/t20-/m1/s1. The van der Waals surface area contributed by atoms with Gasteiger partial charge in [-0.3, -0.25) is 9.69 Å². The van der Waals surface area contributed by atoms with Crippen molar-refractivity contribution in [1.82, 2.24) is 9.80 Å². The molecule has 0 aliphatic carbocycles. The fourth-order valence-electron chi connectivity index (χ4n) is 4.65. The molecule has 4 nitrogen and oxygen atoms in total. The van der Waals surface area contributed by atoms with E-state index in [-0.39, 0.29) is 11.5 Å². The first-order valence-corrected chi connectivity index (χ1v) is 9.31. The van der Waals surface area contributed by atoms with E-state index in [1.807, 2.05) is 30.1 Å². The lowest BCUT2D eigenvalue weighted by atomic mass is 9.62.